The van der Waals surface area contributed by atoms with Crippen LogP contribution in [0, 0.1) is 48.3 Å². The molecule has 19 atom stereocenters. The molecular formula is C50H80N2O12S. The molecule has 0 aromatic carbocycles. The lowest BCUT2D eigenvalue weighted by molar-refractivity contribution is -0.327. The monoisotopic (exact) mass is 933 g/mol. The fourth-order valence-corrected chi connectivity index (χ4v) is 12.6. The number of thiazole rings is 1. The first-order valence-corrected chi connectivity index (χ1v) is 25.6. The molecule has 5 aliphatic heterocycles. The van der Waals surface area contributed by atoms with Gasteiger partial charge in [0.15, 0.2) is 5.79 Å². The molecule has 0 aliphatic carbocycles. The molecule has 2 unspecified atom stereocenters. The first-order chi connectivity index (χ1) is 30.7. The van der Waals surface area contributed by atoms with E-state index in [-0.39, 0.29) is 42.4 Å². The van der Waals surface area contributed by atoms with Crippen molar-refractivity contribution in [1.82, 2.24) is 10.3 Å². The highest BCUT2D eigenvalue weighted by atomic mass is 32.1. The summed E-state index contributed by atoms with van der Waals surface area (Å²) in [6.45, 7) is 21.9. The first kappa shape index (κ1) is 51.9. The molecule has 1 spiro atoms. The fourth-order valence-electron chi connectivity index (χ4n) is 11.8. The molecule has 368 valence electrons. The Labute approximate surface area is 391 Å². The minimum absolute atomic E-state index is 0.0163. The number of ketones is 1. The number of aliphatic hydroxyl groups excluding tert-OH is 1. The smallest absolute Gasteiger partial charge is 0.407 e. The number of carboxylic acid groups (broad SMARTS) is 1. The summed E-state index contributed by atoms with van der Waals surface area (Å²) < 4.78 is 40.0. The highest BCUT2D eigenvalue weighted by molar-refractivity contribution is 7.09. The maximum absolute atomic E-state index is 14.7. The summed E-state index contributed by atoms with van der Waals surface area (Å²) in [5.41, 5.74) is 1.16. The molecule has 65 heavy (non-hydrogen) atoms. The average molecular weight is 933 g/mol. The molecule has 1 amide bonds. The molecule has 0 radical (unpaired) electrons. The molecule has 4 fully saturated rings. The molecule has 6 rings (SSSR count). The number of carboxylic acids is 1. The molecule has 4 saturated heterocycles. The number of carbonyl (C=O) groups is 3. The van der Waals surface area contributed by atoms with E-state index in [0.29, 0.717) is 64.2 Å². The van der Waals surface area contributed by atoms with Crippen LogP contribution >= 0.6 is 11.3 Å². The van der Waals surface area contributed by atoms with Crippen molar-refractivity contribution in [1.29, 1.82) is 0 Å². The first-order valence-electron chi connectivity index (χ1n) is 24.7. The van der Waals surface area contributed by atoms with Crippen LogP contribution in [0.1, 0.15) is 144 Å². The number of carbonyl (C=O) groups excluding carboxylic acids is 2. The van der Waals surface area contributed by atoms with Crippen molar-refractivity contribution in [3.63, 3.8) is 0 Å². The molecule has 0 saturated carbocycles. The number of rotatable bonds is 17. The highest BCUT2D eigenvalue weighted by Crippen LogP contribution is 2.49. The third-order valence-electron chi connectivity index (χ3n) is 16.4. The normalized spacial score (nSPS) is 39.9. The SMILES string of the molecule is CC[C@@H](C(=O)[C@@H](C)[C@@H](O)[C@H](C)[C@@H]1O[C@@H]([C@@H](CC)C(=O)O)CC[C@@H]1C)[C@H]1O[C@]2(C=C[C@@H](NC(=O)OCCc3scnc3C)C(C3CC[C@@](C)([C@H]4CC[C@](O)(CC)[C@H](C)O4)O3)O2)[C@H](C)C[C@@H]1C. The summed E-state index contributed by atoms with van der Waals surface area (Å²) >= 11 is 1.53. The summed E-state index contributed by atoms with van der Waals surface area (Å²) in [6, 6.07) is -0.622. The van der Waals surface area contributed by atoms with E-state index in [1.165, 1.54) is 11.3 Å². The van der Waals surface area contributed by atoms with Gasteiger partial charge >= 0.3 is 12.1 Å². The number of nitrogens with one attached hydrogen (secondary N) is 1. The predicted molar refractivity (Wildman–Crippen MR) is 246 cm³/mol. The predicted octanol–water partition coefficient (Wildman–Crippen LogP) is 7.97. The van der Waals surface area contributed by atoms with Gasteiger partial charge in [0.05, 0.1) is 83.7 Å². The van der Waals surface area contributed by atoms with Gasteiger partial charge < -0.3 is 49.1 Å². The van der Waals surface area contributed by atoms with Crippen molar-refractivity contribution in [2.24, 2.45) is 41.4 Å². The van der Waals surface area contributed by atoms with Crippen LogP contribution in [0.2, 0.25) is 0 Å². The lowest BCUT2D eigenvalue weighted by atomic mass is 9.72. The largest absolute Gasteiger partial charge is 0.481 e. The van der Waals surface area contributed by atoms with Gasteiger partial charge in [0.25, 0.3) is 0 Å². The number of hydrogen-bond donors (Lipinski definition) is 4. The maximum Gasteiger partial charge on any atom is 0.407 e. The number of ether oxygens (including phenoxy) is 6. The molecule has 1 aromatic heterocycles. The Balaban J connectivity index is 1.20. The van der Waals surface area contributed by atoms with Crippen LogP contribution < -0.4 is 5.32 Å². The number of nitrogens with zero attached hydrogens (tertiary/aromatic N) is 1. The number of alkyl carbamates (subject to hydrolysis) is 1. The second kappa shape index (κ2) is 21.4. The minimum atomic E-state index is -1.24. The van der Waals surface area contributed by atoms with Crippen LogP contribution in [0.15, 0.2) is 17.7 Å². The Morgan fingerprint density at radius 2 is 1.68 bits per heavy atom. The summed E-state index contributed by atoms with van der Waals surface area (Å²) in [5.74, 6) is -4.60. The lowest BCUT2D eigenvalue weighted by Crippen LogP contribution is -2.62. The van der Waals surface area contributed by atoms with Crippen LogP contribution in [-0.2, 0) is 44.4 Å². The topological polar surface area (TPSA) is 192 Å². The van der Waals surface area contributed by atoms with Crippen LogP contribution in [0.3, 0.4) is 0 Å². The molecule has 14 nitrogen and oxygen atoms in total. The van der Waals surface area contributed by atoms with E-state index in [0.717, 1.165) is 17.0 Å². The summed E-state index contributed by atoms with van der Waals surface area (Å²) in [4.78, 5) is 45.5. The van der Waals surface area contributed by atoms with Crippen molar-refractivity contribution in [3.8, 4) is 0 Å². The fraction of sp³-hybridized carbons (Fsp3) is 0.840. The van der Waals surface area contributed by atoms with E-state index in [9.17, 15) is 29.7 Å². The Hall–Kier alpha value is -2.50. The standard InChI is InChI=1S/C50H80N2O12S/c1-12-34(46(55)56)37-16-15-27(4)43(61-37)31(8)41(53)30(7)42(54)35(13-2)44-28(5)25-29(6)50(63-44)23-17-36(52-47(57)59-24-20-39-32(9)51-26-65-39)45(64-50)38-18-21-48(11,62-38)40-19-22-49(58,14-3)33(10)60-40/h17,23,26-31,33-38,40-41,43-45,53,58H,12-16,18-22,24-25H2,1-11H3,(H,52,57)(H,55,56)/t27-,28-,29+,30-,31-,33-,34+,35-,36+,37+,38?,40+,41+,43+,44-,45?,48-,49+,50-/m0/s1. The second-order valence-corrected chi connectivity index (χ2v) is 21.6. The third kappa shape index (κ3) is 11.0. The number of aliphatic hydroxyl groups is 2. The number of amides is 1. The Morgan fingerprint density at radius 3 is 2.31 bits per heavy atom. The van der Waals surface area contributed by atoms with Crippen LogP contribution in [0.25, 0.3) is 0 Å². The zero-order valence-corrected chi connectivity index (χ0v) is 41.6. The number of Topliss-reactive ketones (excluding diaryl/α,β-unsaturated/α-hetero) is 1. The van der Waals surface area contributed by atoms with Gasteiger partial charge in [0.1, 0.15) is 11.9 Å². The molecule has 6 heterocycles. The van der Waals surface area contributed by atoms with Gasteiger partial charge in [-0.2, -0.15) is 0 Å². The molecule has 4 N–H and O–H groups in total. The molecule has 5 aliphatic rings. The molecular weight excluding hydrogens is 853 g/mol. The molecule has 0 bridgehead atoms. The summed E-state index contributed by atoms with van der Waals surface area (Å²) in [6.07, 6.45) is 5.90. The van der Waals surface area contributed by atoms with Gasteiger partial charge in [-0.1, -0.05) is 61.5 Å². The highest BCUT2D eigenvalue weighted by Gasteiger charge is 2.57. The van der Waals surface area contributed by atoms with E-state index >= 15 is 0 Å². The molecule has 15 heteroatoms. The van der Waals surface area contributed by atoms with E-state index < -0.39 is 95.4 Å². The van der Waals surface area contributed by atoms with E-state index in [4.69, 9.17) is 28.4 Å². The number of aromatic nitrogens is 1. The van der Waals surface area contributed by atoms with Gasteiger partial charge in [-0.05, 0) is 103 Å². The Morgan fingerprint density at radius 1 is 0.954 bits per heavy atom. The van der Waals surface area contributed by atoms with Crippen molar-refractivity contribution >= 4 is 29.2 Å². The second-order valence-electron chi connectivity index (χ2n) is 20.6. The third-order valence-corrected chi connectivity index (χ3v) is 17.4. The van der Waals surface area contributed by atoms with Crippen molar-refractivity contribution in [2.75, 3.05) is 6.61 Å². The number of aryl methyl sites for hydroxylation is 1. The molecule has 1 aromatic rings. The van der Waals surface area contributed by atoms with Gasteiger partial charge in [-0.3, -0.25) is 9.59 Å². The minimum Gasteiger partial charge on any atom is -0.481 e. The van der Waals surface area contributed by atoms with Gasteiger partial charge in [0.2, 0.25) is 0 Å². The van der Waals surface area contributed by atoms with Crippen molar-refractivity contribution in [3.05, 3.63) is 28.2 Å². The van der Waals surface area contributed by atoms with E-state index in [1.54, 1.807) is 12.4 Å². The lowest BCUT2D eigenvalue weighted by Gasteiger charge is -2.52. The van der Waals surface area contributed by atoms with Gasteiger partial charge in [-0.15, -0.1) is 11.3 Å². The summed E-state index contributed by atoms with van der Waals surface area (Å²) in [7, 11) is 0. The zero-order chi connectivity index (χ0) is 47.6. The van der Waals surface area contributed by atoms with E-state index in [2.05, 4.69) is 38.0 Å². The number of aliphatic carboxylic acids is 1. The van der Waals surface area contributed by atoms with Crippen molar-refractivity contribution < 1.29 is 58.1 Å². The Bertz CT molecular complexity index is 1810. The maximum atomic E-state index is 14.7. The Kier molecular flexibility index (Phi) is 17.1. The van der Waals surface area contributed by atoms with Gasteiger partial charge in [-0.25, -0.2) is 9.78 Å². The van der Waals surface area contributed by atoms with Crippen LogP contribution in [0.4, 0.5) is 4.79 Å². The average Bonchev–Trinajstić information content (AvgIpc) is 3.89. The van der Waals surface area contributed by atoms with Crippen molar-refractivity contribution in [2.45, 2.75) is 219 Å². The zero-order valence-electron chi connectivity index (χ0n) is 40.8. The van der Waals surface area contributed by atoms with Crippen LogP contribution in [0.5, 0.6) is 0 Å². The summed E-state index contributed by atoms with van der Waals surface area (Å²) in [5, 5.41) is 36.0. The number of hydrogen-bond acceptors (Lipinski definition) is 13. The van der Waals surface area contributed by atoms with Crippen LogP contribution in [-0.4, -0.2) is 117 Å². The van der Waals surface area contributed by atoms with E-state index in [1.807, 2.05) is 53.7 Å². The van der Waals surface area contributed by atoms with Gasteiger partial charge in [0, 0.05) is 35.0 Å². The quantitative estimate of drug-likeness (QED) is 0.110.